The monoisotopic (exact) mass is 430 g/mol. The van der Waals surface area contributed by atoms with E-state index in [0.29, 0.717) is 26.3 Å². The van der Waals surface area contributed by atoms with Crippen molar-refractivity contribution in [3.63, 3.8) is 0 Å². The van der Waals surface area contributed by atoms with Gasteiger partial charge in [0.15, 0.2) is 0 Å². The third kappa shape index (κ3) is 5.40. The predicted octanol–water partition coefficient (Wildman–Crippen LogP) is 3.38. The fourth-order valence-electron chi connectivity index (χ4n) is 3.65. The minimum Gasteiger partial charge on any atom is -0.491 e. The maximum atomic E-state index is 13.3. The number of amides is 2. The third-order valence-corrected chi connectivity index (χ3v) is 6.26. The van der Waals surface area contributed by atoms with Crippen LogP contribution in [-0.2, 0) is 20.7 Å². The summed E-state index contributed by atoms with van der Waals surface area (Å²) in [6, 6.07) is 11.6. The van der Waals surface area contributed by atoms with E-state index in [1.165, 1.54) is 4.88 Å². The molecule has 0 fully saturated rings. The SMILES string of the molecule is COCCN(CC(=O)N1CCc2sccc2[C@H]1COc1ccccc1)C(=O)C(C)C. The lowest BCUT2D eigenvalue weighted by Crippen LogP contribution is -2.49. The number of hydrogen-bond acceptors (Lipinski definition) is 5. The Kier molecular flexibility index (Phi) is 7.87. The van der Waals surface area contributed by atoms with E-state index in [4.69, 9.17) is 9.47 Å². The van der Waals surface area contributed by atoms with Crippen molar-refractivity contribution in [2.24, 2.45) is 5.92 Å². The highest BCUT2D eigenvalue weighted by molar-refractivity contribution is 7.10. The lowest BCUT2D eigenvalue weighted by atomic mass is 10.0. The Hall–Kier alpha value is -2.38. The Balaban J connectivity index is 1.75. The van der Waals surface area contributed by atoms with Gasteiger partial charge in [-0.3, -0.25) is 9.59 Å². The summed E-state index contributed by atoms with van der Waals surface area (Å²) in [4.78, 5) is 30.7. The second-order valence-corrected chi connectivity index (χ2v) is 8.68. The molecule has 30 heavy (non-hydrogen) atoms. The number of para-hydroxylation sites is 1. The van der Waals surface area contributed by atoms with E-state index in [1.54, 1.807) is 23.3 Å². The summed E-state index contributed by atoms with van der Waals surface area (Å²) in [5.74, 6) is 0.519. The van der Waals surface area contributed by atoms with E-state index in [-0.39, 0.29) is 30.3 Å². The first-order valence-corrected chi connectivity index (χ1v) is 11.2. The number of nitrogens with zero attached hydrogens (tertiary/aromatic N) is 2. The molecule has 162 valence electrons. The van der Waals surface area contributed by atoms with E-state index in [9.17, 15) is 9.59 Å². The first-order valence-electron chi connectivity index (χ1n) is 10.3. The lowest BCUT2D eigenvalue weighted by Gasteiger charge is -2.37. The van der Waals surface area contributed by atoms with Crippen LogP contribution in [0.3, 0.4) is 0 Å². The van der Waals surface area contributed by atoms with Crippen molar-refractivity contribution in [2.45, 2.75) is 26.3 Å². The molecule has 0 aliphatic carbocycles. The van der Waals surface area contributed by atoms with Crippen molar-refractivity contribution in [3.05, 3.63) is 52.2 Å². The van der Waals surface area contributed by atoms with Crippen LogP contribution in [0.15, 0.2) is 41.8 Å². The molecule has 1 aromatic carbocycles. The number of hydrogen-bond donors (Lipinski definition) is 0. The number of fused-ring (bicyclic) bond motifs is 1. The summed E-state index contributed by atoms with van der Waals surface area (Å²) in [7, 11) is 1.60. The van der Waals surface area contributed by atoms with Gasteiger partial charge in [-0.25, -0.2) is 0 Å². The van der Waals surface area contributed by atoms with Crippen LogP contribution < -0.4 is 4.74 Å². The van der Waals surface area contributed by atoms with Crippen LogP contribution in [0.25, 0.3) is 0 Å². The summed E-state index contributed by atoms with van der Waals surface area (Å²) >= 11 is 1.72. The van der Waals surface area contributed by atoms with Gasteiger partial charge < -0.3 is 19.3 Å². The van der Waals surface area contributed by atoms with Crippen molar-refractivity contribution in [3.8, 4) is 5.75 Å². The minimum absolute atomic E-state index is 0.0364. The zero-order chi connectivity index (χ0) is 21.5. The van der Waals surface area contributed by atoms with Crippen molar-refractivity contribution in [2.75, 3.05) is 40.0 Å². The van der Waals surface area contributed by atoms with Gasteiger partial charge in [-0.15, -0.1) is 11.3 Å². The average Bonchev–Trinajstić information content (AvgIpc) is 3.24. The standard InChI is InChI=1S/C23H30N2O4S/c1-17(2)23(27)24(12-13-28-3)15-22(26)25-11-9-21-19(10-14-30-21)20(25)16-29-18-7-5-4-6-8-18/h4-8,10,14,17,20H,9,11-13,15-16H2,1-3H3/t20-/m1/s1. The molecule has 1 aliphatic rings. The molecule has 7 heteroatoms. The number of ether oxygens (including phenoxy) is 2. The van der Waals surface area contributed by atoms with Gasteiger partial charge in [0.2, 0.25) is 11.8 Å². The topological polar surface area (TPSA) is 59.1 Å². The molecule has 0 spiro atoms. The van der Waals surface area contributed by atoms with Gasteiger partial charge in [-0.05, 0) is 35.6 Å². The number of methoxy groups -OCH3 is 1. The summed E-state index contributed by atoms with van der Waals surface area (Å²) in [5, 5.41) is 2.07. The summed E-state index contributed by atoms with van der Waals surface area (Å²) in [6.07, 6.45) is 0.830. The fourth-order valence-corrected chi connectivity index (χ4v) is 4.58. The average molecular weight is 431 g/mol. The quantitative estimate of drug-likeness (QED) is 0.612. The molecular formula is C23H30N2O4S. The number of benzene rings is 1. The molecule has 2 heterocycles. The molecule has 1 aliphatic heterocycles. The van der Waals surface area contributed by atoms with Crippen LogP contribution >= 0.6 is 11.3 Å². The summed E-state index contributed by atoms with van der Waals surface area (Å²) in [5.41, 5.74) is 1.15. The molecule has 0 radical (unpaired) electrons. The highest BCUT2D eigenvalue weighted by Gasteiger charge is 2.33. The largest absolute Gasteiger partial charge is 0.491 e. The number of carbonyl (C=O) groups excluding carboxylic acids is 2. The van der Waals surface area contributed by atoms with Gasteiger partial charge in [-0.1, -0.05) is 32.0 Å². The van der Waals surface area contributed by atoms with Crippen molar-refractivity contribution >= 4 is 23.2 Å². The zero-order valence-electron chi connectivity index (χ0n) is 17.9. The smallest absolute Gasteiger partial charge is 0.242 e. The molecule has 1 atom stereocenters. The van der Waals surface area contributed by atoms with Gasteiger partial charge >= 0.3 is 0 Å². The van der Waals surface area contributed by atoms with Crippen LogP contribution in [0.1, 0.15) is 30.3 Å². The molecule has 0 saturated heterocycles. The first-order chi connectivity index (χ1) is 14.5. The summed E-state index contributed by atoms with van der Waals surface area (Å²) < 4.78 is 11.2. The van der Waals surface area contributed by atoms with E-state index in [0.717, 1.165) is 17.7 Å². The van der Waals surface area contributed by atoms with Gasteiger partial charge in [0, 0.05) is 31.0 Å². The van der Waals surface area contributed by atoms with Gasteiger partial charge in [-0.2, -0.15) is 0 Å². The molecule has 1 aromatic heterocycles. The molecule has 0 bridgehead atoms. The summed E-state index contributed by atoms with van der Waals surface area (Å²) in [6.45, 7) is 5.58. The maximum Gasteiger partial charge on any atom is 0.242 e. The van der Waals surface area contributed by atoms with Gasteiger partial charge in [0.1, 0.15) is 12.4 Å². The van der Waals surface area contributed by atoms with Crippen LogP contribution in [0.2, 0.25) is 0 Å². The van der Waals surface area contributed by atoms with E-state index in [2.05, 4.69) is 11.4 Å². The van der Waals surface area contributed by atoms with Crippen LogP contribution in [0.4, 0.5) is 0 Å². The zero-order valence-corrected chi connectivity index (χ0v) is 18.7. The van der Waals surface area contributed by atoms with Gasteiger partial charge in [0.25, 0.3) is 0 Å². The molecule has 0 saturated carbocycles. The second-order valence-electron chi connectivity index (χ2n) is 7.68. The number of thiophene rings is 1. The number of rotatable bonds is 9. The normalized spacial score (nSPS) is 15.7. The highest BCUT2D eigenvalue weighted by atomic mass is 32.1. The van der Waals surface area contributed by atoms with Gasteiger partial charge in [0.05, 0.1) is 19.2 Å². The number of carbonyl (C=O) groups is 2. The molecule has 0 unspecified atom stereocenters. The molecule has 3 rings (SSSR count). The first kappa shape index (κ1) is 22.3. The van der Waals surface area contributed by atoms with Crippen LogP contribution in [-0.4, -0.2) is 61.6 Å². The van der Waals surface area contributed by atoms with E-state index < -0.39 is 0 Å². The molecule has 2 amide bonds. The molecule has 2 aromatic rings. The van der Waals surface area contributed by atoms with Crippen molar-refractivity contribution in [1.29, 1.82) is 0 Å². The van der Waals surface area contributed by atoms with Crippen molar-refractivity contribution in [1.82, 2.24) is 9.80 Å². The van der Waals surface area contributed by atoms with E-state index >= 15 is 0 Å². The second kappa shape index (κ2) is 10.6. The Morgan fingerprint density at radius 2 is 2.00 bits per heavy atom. The fraction of sp³-hybridized carbons (Fsp3) is 0.478. The molecular weight excluding hydrogens is 400 g/mol. The van der Waals surface area contributed by atoms with Crippen molar-refractivity contribution < 1.29 is 19.1 Å². The minimum atomic E-state index is -0.170. The molecule has 6 nitrogen and oxygen atoms in total. The highest BCUT2D eigenvalue weighted by Crippen LogP contribution is 2.34. The van der Waals surface area contributed by atoms with Crippen LogP contribution in [0.5, 0.6) is 5.75 Å². The predicted molar refractivity (Wildman–Crippen MR) is 118 cm³/mol. The Morgan fingerprint density at radius 1 is 1.23 bits per heavy atom. The van der Waals surface area contributed by atoms with E-state index in [1.807, 2.05) is 49.1 Å². The third-order valence-electron chi connectivity index (χ3n) is 5.26. The Morgan fingerprint density at radius 3 is 2.70 bits per heavy atom. The maximum absolute atomic E-state index is 13.3. The molecule has 0 N–H and O–H groups in total. The Labute approximate surface area is 182 Å². The lowest BCUT2D eigenvalue weighted by molar-refractivity contribution is -0.144. The Bertz CT molecular complexity index is 837. The van der Waals surface area contributed by atoms with Crippen LogP contribution in [0, 0.1) is 5.92 Å².